The second-order valence-electron chi connectivity index (χ2n) is 7.53. The zero-order valence-corrected chi connectivity index (χ0v) is 19.8. The number of carbonyl (C=O) groups excluding carboxylic acids is 2. The summed E-state index contributed by atoms with van der Waals surface area (Å²) in [5.41, 5.74) is 4.34. The van der Waals surface area contributed by atoms with Crippen LogP contribution in [0.5, 0.6) is 5.75 Å². The maximum atomic E-state index is 12.9. The molecule has 166 valence electrons. The molecule has 1 aliphatic rings. The molecule has 1 heterocycles. The molecule has 1 aliphatic heterocycles. The van der Waals surface area contributed by atoms with Crippen molar-refractivity contribution in [1.82, 2.24) is 0 Å². The molecule has 5 nitrogen and oxygen atoms in total. The Labute approximate surface area is 202 Å². The van der Waals surface area contributed by atoms with Crippen LogP contribution < -0.4 is 15.0 Å². The van der Waals surface area contributed by atoms with Gasteiger partial charge in [0, 0.05) is 5.69 Å². The van der Waals surface area contributed by atoms with E-state index in [9.17, 15) is 9.59 Å². The van der Waals surface area contributed by atoms with E-state index in [2.05, 4.69) is 5.32 Å². The van der Waals surface area contributed by atoms with Gasteiger partial charge in [-0.2, -0.15) is 0 Å². The molecule has 0 bridgehead atoms. The number of amides is 2. The van der Waals surface area contributed by atoms with Crippen molar-refractivity contribution in [2.75, 3.05) is 16.8 Å². The van der Waals surface area contributed by atoms with Gasteiger partial charge in [0.25, 0.3) is 11.8 Å². The smallest absolute Gasteiger partial charge is 0.270 e. The monoisotopic (exact) mass is 474 g/mol. The van der Waals surface area contributed by atoms with Gasteiger partial charge in [-0.05, 0) is 60.9 Å². The first-order valence-electron chi connectivity index (χ1n) is 10.3. The van der Waals surface area contributed by atoms with Crippen molar-refractivity contribution >= 4 is 57.6 Å². The van der Waals surface area contributed by atoms with Crippen LogP contribution in [0.15, 0.2) is 77.7 Å². The minimum atomic E-state index is -0.235. The number of anilines is 2. The largest absolute Gasteiger partial charge is 0.484 e. The molecule has 1 saturated heterocycles. The van der Waals surface area contributed by atoms with E-state index in [0.717, 1.165) is 28.1 Å². The number of aryl methyl sites for hydroxylation is 2. The van der Waals surface area contributed by atoms with Crippen LogP contribution in [0.1, 0.15) is 16.7 Å². The molecule has 33 heavy (non-hydrogen) atoms. The van der Waals surface area contributed by atoms with Gasteiger partial charge in [-0.25, -0.2) is 0 Å². The van der Waals surface area contributed by atoms with Crippen LogP contribution in [-0.4, -0.2) is 22.7 Å². The van der Waals surface area contributed by atoms with E-state index < -0.39 is 0 Å². The van der Waals surface area contributed by atoms with Gasteiger partial charge in [0.2, 0.25) is 0 Å². The van der Waals surface area contributed by atoms with Gasteiger partial charge in [0.05, 0.1) is 10.6 Å². The first kappa shape index (κ1) is 22.8. The summed E-state index contributed by atoms with van der Waals surface area (Å²) in [7, 11) is 0. The second kappa shape index (κ2) is 10.0. The average molecular weight is 475 g/mol. The molecule has 0 radical (unpaired) electrons. The number of ether oxygens (including phenoxy) is 1. The van der Waals surface area contributed by atoms with Gasteiger partial charge in [0.15, 0.2) is 10.9 Å². The summed E-state index contributed by atoms with van der Waals surface area (Å²) in [6, 6.07) is 22.5. The van der Waals surface area contributed by atoms with Gasteiger partial charge in [-0.3, -0.25) is 14.5 Å². The Morgan fingerprint density at radius 3 is 2.45 bits per heavy atom. The molecular formula is C26H22N2O3S2. The maximum absolute atomic E-state index is 12.9. The summed E-state index contributed by atoms with van der Waals surface area (Å²) in [4.78, 5) is 27.4. The fourth-order valence-corrected chi connectivity index (χ4v) is 4.75. The highest BCUT2D eigenvalue weighted by molar-refractivity contribution is 8.27. The summed E-state index contributed by atoms with van der Waals surface area (Å²) < 4.78 is 6.19. The molecule has 3 aromatic carbocycles. The first-order chi connectivity index (χ1) is 15.9. The number of hydrogen-bond donors (Lipinski definition) is 1. The van der Waals surface area contributed by atoms with Crippen LogP contribution in [-0.2, 0) is 9.59 Å². The van der Waals surface area contributed by atoms with Crippen molar-refractivity contribution in [3.05, 3.63) is 94.4 Å². The summed E-state index contributed by atoms with van der Waals surface area (Å²) >= 11 is 6.68. The molecule has 3 aromatic rings. The van der Waals surface area contributed by atoms with E-state index in [0.29, 0.717) is 15.0 Å². The van der Waals surface area contributed by atoms with E-state index in [4.69, 9.17) is 17.0 Å². The molecule has 0 saturated carbocycles. The molecule has 1 fully saturated rings. The van der Waals surface area contributed by atoms with Crippen LogP contribution in [0.2, 0.25) is 0 Å². The summed E-state index contributed by atoms with van der Waals surface area (Å²) in [5, 5.41) is 2.91. The Hall–Kier alpha value is -3.42. The SMILES string of the molecule is Cc1cccc(C)c1NC(=O)COc1cccc(/C=C2\SC(=S)N(c3ccccc3)C2=O)c1. The number of nitrogens with one attached hydrogen (secondary N) is 1. The summed E-state index contributed by atoms with van der Waals surface area (Å²) in [6.45, 7) is 3.79. The predicted octanol–water partition coefficient (Wildman–Crippen LogP) is 5.73. The van der Waals surface area contributed by atoms with Gasteiger partial charge in [0.1, 0.15) is 5.75 Å². The second-order valence-corrected chi connectivity index (χ2v) is 9.20. The van der Waals surface area contributed by atoms with Crippen LogP contribution in [0.3, 0.4) is 0 Å². The first-order valence-corrected chi connectivity index (χ1v) is 11.6. The zero-order valence-electron chi connectivity index (χ0n) is 18.2. The molecule has 0 atom stereocenters. The van der Waals surface area contributed by atoms with Gasteiger partial charge in [-0.1, -0.05) is 72.5 Å². The number of thioether (sulfide) groups is 1. The van der Waals surface area contributed by atoms with E-state index >= 15 is 0 Å². The molecule has 7 heteroatoms. The van der Waals surface area contributed by atoms with Gasteiger partial charge >= 0.3 is 0 Å². The van der Waals surface area contributed by atoms with Gasteiger partial charge < -0.3 is 10.1 Å². The zero-order chi connectivity index (χ0) is 23.4. The third-order valence-corrected chi connectivity index (χ3v) is 6.38. The highest BCUT2D eigenvalue weighted by Gasteiger charge is 2.33. The highest BCUT2D eigenvalue weighted by Crippen LogP contribution is 2.36. The predicted molar refractivity (Wildman–Crippen MR) is 139 cm³/mol. The number of thiocarbonyl (C=S) groups is 1. The molecule has 0 spiro atoms. The van der Waals surface area contributed by atoms with Crippen molar-refractivity contribution in [1.29, 1.82) is 0 Å². The molecule has 4 rings (SSSR count). The molecule has 1 N–H and O–H groups in total. The van der Waals surface area contributed by atoms with Crippen molar-refractivity contribution in [2.24, 2.45) is 0 Å². The molecule has 2 amide bonds. The molecular weight excluding hydrogens is 452 g/mol. The number of rotatable bonds is 6. The number of benzene rings is 3. The van der Waals surface area contributed by atoms with Crippen molar-refractivity contribution in [3.8, 4) is 5.75 Å². The molecule has 0 aromatic heterocycles. The van der Waals surface area contributed by atoms with Gasteiger partial charge in [-0.15, -0.1) is 0 Å². The minimum Gasteiger partial charge on any atom is -0.484 e. The number of hydrogen-bond acceptors (Lipinski definition) is 5. The topological polar surface area (TPSA) is 58.6 Å². The maximum Gasteiger partial charge on any atom is 0.270 e. The third-order valence-electron chi connectivity index (χ3n) is 5.08. The fourth-order valence-electron chi connectivity index (χ4n) is 3.45. The minimum absolute atomic E-state index is 0.118. The van der Waals surface area contributed by atoms with Crippen molar-refractivity contribution in [3.63, 3.8) is 0 Å². The molecule has 0 unspecified atom stereocenters. The Morgan fingerprint density at radius 2 is 1.73 bits per heavy atom. The Balaban J connectivity index is 1.43. The lowest BCUT2D eigenvalue weighted by atomic mass is 10.1. The molecule has 0 aliphatic carbocycles. The average Bonchev–Trinajstić information content (AvgIpc) is 3.08. The van der Waals surface area contributed by atoms with Crippen LogP contribution in [0.25, 0.3) is 6.08 Å². The third kappa shape index (κ3) is 5.32. The van der Waals surface area contributed by atoms with Crippen LogP contribution >= 0.6 is 24.0 Å². The lowest BCUT2D eigenvalue weighted by Crippen LogP contribution is -2.27. The van der Waals surface area contributed by atoms with E-state index in [1.165, 1.54) is 16.7 Å². The van der Waals surface area contributed by atoms with Crippen LogP contribution in [0.4, 0.5) is 11.4 Å². The number of para-hydroxylation sites is 2. The summed E-state index contributed by atoms with van der Waals surface area (Å²) in [6.07, 6.45) is 1.78. The quantitative estimate of drug-likeness (QED) is 0.365. The number of nitrogens with zero attached hydrogens (tertiary/aromatic N) is 1. The summed E-state index contributed by atoms with van der Waals surface area (Å²) in [5.74, 6) is 0.149. The Bertz CT molecular complexity index is 1240. The van der Waals surface area contributed by atoms with Crippen molar-refractivity contribution in [2.45, 2.75) is 13.8 Å². The van der Waals surface area contributed by atoms with E-state index in [1.54, 1.807) is 18.2 Å². The Morgan fingerprint density at radius 1 is 1.03 bits per heavy atom. The number of carbonyl (C=O) groups is 2. The Kier molecular flexibility index (Phi) is 6.91. The van der Waals surface area contributed by atoms with Crippen molar-refractivity contribution < 1.29 is 14.3 Å². The lowest BCUT2D eigenvalue weighted by Gasteiger charge is -2.13. The normalized spacial score (nSPS) is 14.6. The lowest BCUT2D eigenvalue weighted by molar-refractivity contribution is -0.118. The van der Waals surface area contributed by atoms with E-state index in [1.807, 2.05) is 74.5 Å². The fraction of sp³-hybridized carbons (Fsp3) is 0.115. The highest BCUT2D eigenvalue weighted by atomic mass is 32.2. The van der Waals surface area contributed by atoms with E-state index in [-0.39, 0.29) is 18.4 Å². The standard InChI is InChI=1S/C26H22N2O3S2/c1-17-8-6-9-18(2)24(17)27-23(29)16-31-21-13-7-10-19(14-21)15-22-25(30)28(26(32)33-22)20-11-4-3-5-12-20/h3-15H,16H2,1-2H3,(H,27,29)/b22-15-. The van der Waals surface area contributed by atoms with Crippen LogP contribution in [0, 0.1) is 13.8 Å².